The molecule has 0 aliphatic heterocycles. The minimum atomic E-state index is 0.256. The molecule has 0 bridgehead atoms. The van der Waals surface area contributed by atoms with E-state index < -0.39 is 0 Å². The van der Waals surface area contributed by atoms with E-state index in [9.17, 15) is 0 Å². The van der Waals surface area contributed by atoms with E-state index in [-0.39, 0.29) is 6.04 Å². The monoisotopic (exact) mass is 282 g/mol. The average Bonchev–Trinajstić information content (AvgIpc) is 2.45. The van der Waals surface area contributed by atoms with Crippen molar-refractivity contribution in [3.8, 4) is 0 Å². The van der Waals surface area contributed by atoms with Crippen molar-refractivity contribution in [1.82, 2.24) is 4.90 Å². The third-order valence-corrected chi connectivity index (χ3v) is 4.21. The lowest BCUT2D eigenvalue weighted by Crippen LogP contribution is -2.42. The molecule has 1 aromatic carbocycles. The zero-order chi connectivity index (χ0) is 14.3. The Morgan fingerprint density at radius 1 is 1.32 bits per heavy atom. The molecular weight excluding hydrogens is 256 g/mol. The van der Waals surface area contributed by atoms with Crippen molar-refractivity contribution < 1.29 is 4.74 Å². The van der Waals surface area contributed by atoms with E-state index in [2.05, 4.69) is 49.3 Å². The van der Waals surface area contributed by atoms with Crippen LogP contribution in [0.15, 0.2) is 29.2 Å². The van der Waals surface area contributed by atoms with Gasteiger partial charge in [0.15, 0.2) is 0 Å². The van der Waals surface area contributed by atoms with Gasteiger partial charge in [0.25, 0.3) is 0 Å². The van der Waals surface area contributed by atoms with E-state index in [0.717, 1.165) is 13.2 Å². The zero-order valence-electron chi connectivity index (χ0n) is 12.4. The van der Waals surface area contributed by atoms with Crippen molar-refractivity contribution in [2.24, 2.45) is 5.73 Å². The van der Waals surface area contributed by atoms with Gasteiger partial charge in [-0.05, 0) is 37.4 Å². The Hall–Kier alpha value is -0.550. The highest BCUT2D eigenvalue weighted by Gasteiger charge is 2.22. The van der Waals surface area contributed by atoms with Crippen LogP contribution in [0.4, 0.5) is 0 Å². The van der Waals surface area contributed by atoms with Gasteiger partial charge in [-0.3, -0.25) is 4.90 Å². The van der Waals surface area contributed by atoms with Crippen LogP contribution in [0.1, 0.15) is 25.5 Å². The van der Waals surface area contributed by atoms with Gasteiger partial charge in [-0.2, -0.15) is 0 Å². The van der Waals surface area contributed by atoms with Gasteiger partial charge in [0.2, 0.25) is 0 Å². The van der Waals surface area contributed by atoms with Crippen molar-refractivity contribution in [3.63, 3.8) is 0 Å². The average molecular weight is 282 g/mol. The Labute approximate surface area is 121 Å². The second kappa shape index (κ2) is 8.59. The molecule has 0 aliphatic carbocycles. The van der Waals surface area contributed by atoms with Gasteiger partial charge in [-0.15, -0.1) is 11.8 Å². The maximum absolute atomic E-state index is 6.00. The lowest BCUT2D eigenvalue weighted by Gasteiger charge is -2.35. The number of methoxy groups -OCH3 is 1. The number of hydrogen-bond acceptors (Lipinski definition) is 4. The topological polar surface area (TPSA) is 38.5 Å². The number of likely N-dealkylation sites (N-methyl/N-ethyl adjacent to an activating group) is 1. The molecule has 0 heterocycles. The summed E-state index contributed by atoms with van der Waals surface area (Å²) in [4.78, 5) is 3.69. The molecule has 0 aromatic heterocycles. The summed E-state index contributed by atoms with van der Waals surface area (Å²) in [6.45, 7) is 6.68. The fourth-order valence-electron chi connectivity index (χ4n) is 2.47. The minimum absolute atomic E-state index is 0.256. The summed E-state index contributed by atoms with van der Waals surface area (Å²) in [6, 6.07) is 9.32. The van der Waals surface area contributed by atoms with Crippen LogP contribution in [-0.4, -0.2) is 44.0 Å². The van der Waals surface area contributed by atoms with Crippen molar-refractivity contribution in [1.29, 1.82) is 0 Å². The third kappa shape index (κ3) is 4.49. The quantitative estimate of drug-likeness (QED) is 0.744. The SMILES string of the molecule is CCN(C(C)COC)C(CN)c1ccc(SC)cc1. The molecule has 2 unspecified atom stereocenters. The van der Waals surface area contributed by atoms with Gasteiger partial charge in [0.1, 0.15) is 0 Å². The van der Waals surface area contributed by atoms with Gasteiger partial charge >= 0.3 is 0 Å². The zero-order valence-corrected chi connectivity index (χ0v) is 13.2. The Bertz CT molecular complexity index is 356. The molecule has 1 rings (SSSR count). The Morgan fingerprint density at radius 2 is 1.95 bits per heavy atom. The molecule has 2 atom stereocenters. The molecule has 0 spiro atoms. The first-order valence-corrected chi connectivity index (χ1v) is 7.99. The van der Waals surface area contributed by atoms with E-state index in [0.29, 0.717) is 12.6 Å². The largest absolute Gasteiger partial charge is 0.383 e. The Morgan fingerprint density at radius 3 is 2.37 bits per heavy atom. The maximum atomic E-state index is 6.00. The fourth-order valence-corrected chi connectivity index (χ4v) is 2.87. The summed E-state index contributed by atoms with van der Waals surface area (Å²) in [5.74, 6) is 0. The number of nitrogens with two attached hydrogens (primary N) is 1. The molecule has 0 amide bonds. The second-order valence-corrected chi connectivity index (χ2v) is 5.54. The van der Waals surface area contributed by atoms with Crippen molar-refractivity contribution in [3.05, 3.63) is 29.8 Å². The van der Waals surface area contributed by atoms with Crippen molar-refractivity contribution >= 4 is 11.8 Å². The highest BCUT2D eigenvalue weighted by atomic mass is 32.2. The first-order chi connectivity index (χ1) is 9.17. The van der Waals surface area contributed by atoms with Crippen LogP contribution < -0.4 is 5.73 Å². The van der Waals surface area contributed by atoms with Gasteiger partial charge in [0, 0.05) is 30.6 Å². The summed E-state index contributed by atoms with van der Waals surface area (Å²) in [7, 11) is 1.75. The third-order valence-electron chi connectivity index (χ3n) is 3.46. The van der Waals surface area contributed by atoms with Crippen LogP contribution in [0.25, 0.3) is 0 Å². The highest BCUT2D eigenvalue weighted by Crippen LogP contribution is 2.24. The van der Waals surface area contributed by atoms with E-state index in [1.165, 1.54) is 10.5 Å². The van der Waals surface area contributed by atoms with Crippen LogP contribution in [0, 0.1) is 0 Å². The molecule has 3 nitrogen and oxygen atoms in total. The summed E-state index contributed by atoms with van der Waals surface area (Å²) >= 11 is 1.76. The lowest BCUT2D eigenvalue weighted by atomic mass is 10.0. The summed E-state index contributed by atoms with van der Waals surface area (Å²) in [5.41, 5.74) is 7.28. The van der Waals surface area contributed by atoms with Crippen LogP contribution in [0.3, 0.4) is 0 Å². The molecule has 108 valence electrons. The van der Waals surface area contributed by atoms with Gasteiger partial charge in [-0.1, -0.05) is 19.1 Å². The number of nitrogens with zero attached hydrogens (tertiary/aromatic N) is 1. The lowest BCUT2D eigenvalue weighted by molar-refractivity contribution is 0.0751. The predicted molar refractivity (Wildman–Crippen MR) is 83.7 cm³/mol. The molecule has 2 N–H and O–H groups in total. The van der Waals surface area contributed by atoms with Crippen LogP contribution in [0.2, 0.25) is 0 Å². The summed E-state index contributed by atoms with van der Waals surface area (Å²) in [6.07, 6.45) is 2.09. The molecule has 0 aliphatic rings. The van der Waals surface area contributed by atoms with E-state index >= 15 is 0 Å². The number of thioether (sulfide) groups is 1. The summed E-state index contributed by atoms with van der Waals surface area (Å²) in [5, 5.41) is 0. The van der Waals surface area contributed by atoms with Crippen LogP contribution >= 0.6 is 11.8 Å². The van der Waals surface area contributed by atoms with Crippen molar-refractivity contribution in [2.45, 2.75) is 30.8 Å². The Kier molecular flexibility index (Phi) is 7.46. The first kappa shape index (κ1) is 16.5. The molecule has 4 heteroatoms. The number of hydrogen-bond donors (Lipinski definition) is 1. The molecular formula is C15H26N2OS. The van der Waals surface area contributed by atoms with E-state index in [1.54, 1.807) is 18.9 Å². The van der Waals surface area contributed by atoms with Gasteiger partial charge < -0.3 is 10.5 Å². The first-order valence-electron chi connectivity index (χ1n) is 6.76. The van der Waals surface area contributed by atoms with E-state index in [4.69, 9.17) is 10.5 Å². The van der Waals surface area contributed by atoms with Crippen LogP contribution in [0.5, 0.6) is 0 Å². The number of benzene rings is 1. The standard InChI is InChI=1S/C15H26N2OS/c1-5-17(12(2)11-18-3)15(10-16)13-6-8-14(19-4)9-7-13/h6-9,12,15H,5,10-11,16H2,1-4H3. The molecule has 0 radical (unpaired) electrons. The van der Waals surface area contributed by atoms with E-state index in [1.807, 2.05) is 0 Å². The minimum Gasteiger partial charge on any atom is -0.383 e. The predicted octanol–water partition coefficient (Wildman–Crippen LogP) is 2.77. The highest BCUT2D eigenvalue weighted by molar-refractivity contribution is 7.98. The molecule has 19 heavy (non-hydrogen) atoms. The maximum Gasteiger partial charge on any atom is 0.0615 e. The second-order valence-electron chi connectivity index (χ2n) is 4.66. The van der Waals surface area contributed by atoms with Crippen LogP contribution in [-0.2, 0) is 4.74 Å². The molecule has 0 saturated carbocycles. The smallest absolute Gasteiger partial charge is 0.0615 e. The molecule has 1 aromatic rings. The molecule has 0 saturated heterocycles. The van der Waals surface area contributed by atoms with Gasteiger partial charge in [0.05, 0.1) is 6.61 Å². The normalized spacial score (nSPS) is 14.6. The van der Waals surface area contributed by atoms with Crippen molar-refractivity contribution in [2.75, 3.05) is 33.1 Å². The number of ether oxygens (including phenoxy) is 1. The fraction of sp³-hybridized carbons (Fsp3) is 0.600. The van der Waals surface area contributed by atoms with Gasteiger partial charge in [-0.25, -0.2) is 0 Å². The number of rotatable bonds is 8. The molecule has 0 fully saturated rings. The summed E-state index contributed by atoms with van der Waals surface area (Å²) < 4.78 is 5.27. The Balaban J connectivity index is 2.89.